The quantitative estimate of drug-likeness (QED) is 0.788. The molecule has 2 rings (SSSR count). The maximum absolute atomic E-state index is 12.2. The first-order valence-electron chi connectivity index (χ1n) is 6.73. The summed E-state index contributed by atoms with van der Waals surface area (Å²) in [6.45, 7) is 6.00. The zero-order chi connectivity index (χ0) is 16.2. The first kappa shape index (κ1) is 16.2. The second-order valence-electron chi connectivity index (χ2n) is 4.61. The summed E-state index contributed by atoms with van der Waals surface area (Å²) in [5, 5.41) is 0. The van der Waals surface area contributed by atoms with E-state index in [0.717, 1.165) is 11.4 Å². The number of anilines is 1. The summed E-state index contributed by atoms with van der Waals surface area (Å²) in [5.74, 6) is 0.819. The molecule has 0 saturated heterocycles. The average Bonchev–Trinajstić information content (AvgIpc) is 2.45. The van der Waals surface area contributed by atoms with E-state index in [2.05, 4.69) is 20.2 Å². The number of nitrogens with one attached hydrogen (secondary N) is 2. The van der Waals surface area contributed by atoms with Gasteiger partial charge in [-0.2, -0.15) is 0 Å². The molecule has 0 aliphatic heterocycles. The summed E-state index contributed by atoms with van der Waals surface area (Å²) in [4.78, 5) is 10.6. The fraction of sp³-hybridized carbons (Fsp3) is 0.286. The van der Waals surface area contributed by atoms with Crippen LogP contribution >= 0.6 is 0 Å². The van der Waals surface area contributed by atoms with E-state index in [0.29, 0.717) is 12.4 Å². The minimum absolute atomic E-state index is 0.118. The van der Waals surface area contributed by atoms with Crippen molar-refractivity contribution in [2.24, 2.45) is 0 Å². The Morgan fingerprint density at radius 2 is 1.68 bits per heavy atom. The summed E-state index contributed by atoms with van der Waals surface area (Å²) in [6.07, 6.45) is 0. The second-order valence-corrected chi connectivity index (χ2v) is 6.29. The van der Waals surface area contributed by atoms with Gasteiger partial charge in [0.1, 0.15) is 5.75 Å². The minimum Gasteiger partial charge on any atom is -0.494 e. The zero-order valence-corrected chi connectivity index (χ0v) is 13.4. The topological polar surface area (TPSA) is 93.2 Å². The highest BCUT2D eigenvalue weighted by Crippen LogP contribution is 2.15. The number of hydrazine groups is 1. The van der Waals surface area contributed by atoms with Crippen LogP contribution in [0.1, 0.15) is 18.3 Å². The predicted molar refractivity (Wildman–Crippen MR) is 83.1 cm³/mol. The van der Waals surface area contributed by atoms with E-state index in [1.54, 1.807) is 32.0 Å². The molecular weight excluding hydrogens is 304 g/mol. The van der Waals surface area contributed by atoms with Gasteiger partial charge in [0.25, 0.3) is 10.0 Å². The SMILES string of the molecule is CCOc1ccc(S(=O)(=O)NNc2nc(C)cc(C)n2)cc1. The Hall–Kier alpha value is -2.19. The molecule has 1 heterocycles. The fourth-order valence-corrected chi connectivity index (χ4v) is 2.67. The number of benzene rings is 1. The molecule has 0 aliphatic carbocycles. The summed E-state index contributed by atoms with van der Waals surface area (Å²) < 4.78 is 29.6. The van der Waals surface area contributed by atoms with Crippen LogP contribution in [-0.2, 0) is 10.0 Å². The van der Waals surface area contributed by atoms with Crippen LogP contribution in [0.15, 0.2) is 35.2 Å². The third-order valence-electron chi connectivity index (χ3n) is 2.72. The van der Waals surface area contributed by atoms with Crippen molar-refractivity contribution in [3.63, 3.8) is 0 Å². The molecule has 8 heteroatoms. The standard InChI is InChI=1S/C14H18N4O3S/c1-4-21-12-5-7-13(8-6-12)22(19,20)18-17-14-15-10(2)9-11(3)16-14/h5-9,18H,4H2,1-3H3,(H,15,16,17). The van der Waals surface area contributed by atoms with Gasteiger partial charge in [0.2, 0.25) is 5.95 Å². The van der Waals surface area contributed by atoms with Crippen LogP contribution in [0.25, 0.3) is 0 Å². The maximum Gasteiger partial charge on any atom is 0.257 e. The van der Waals surface area contributed by atoms with Gasteiger partial charge in [0, 0.05) is 11.4 Å². The summed E-state index contributed by atoms with van der Waals surface area (Å²) in [6, 6.07) is 7.94. The molecule has 0 saturated carbocycles. The van der Waals surface area contributed by atoms with Crippen molar-refractivity contribution in [3.8, 4) is 5.75 Å². The summed E-state index contributed by atoms with van der Waals surface area (Å²) in [5.41, 5.74) is 4.00. The minimum atomic E-state index is -3.71. The Kier molecular flexibility index (Phi) is 4.94. The largest absolute Gasteiger partial charge is 0.494 e. The molecule has 1 aromatic heterocycles. The van der Waals surface area contributed by atoms with Gasteiger partial charge in [0.15, 0.2) is 0 Å². The molecular formula is C14H18N4O3S. The van der Waals surface area contributed by atoms with Gasteiger partial charge in [-0.25, -0.2) is 18.4 Å². The van der Waals surface area contributed by atoms with Gasteiger partial charge in [0.05, 0.1) is 11.5 Å². The number of rotatable bonds is 6. The number of hydrogen-bond donors (Lipinski definition) is 2. The molecule has 0 amide bonds. The van der Waals surface area contributed by atoms with E-state index >= 15 is 0 Å². The van der Waals surface area contributed by atoms with Gasteiger partial charge in [-0.15, -0.1) is 4.83 Å². The van der Waals surface area contributed by atoms with Crippen molar-refractivity contribution in [2.45, 2.75) is 25.7 Å². The van der Waals surface area contributed by atoms with Crippen molar-refractivity contribution in [3.05, 3.63) is 41.7 Å². The first-order valence-corrected chi connectivity index (χ1v) is 8.22. The molecule has 2 aromatic rings. The average molecular weight is 322 g/mol. The highest BCUT2D eigenvalue weighted by atomic mass is 32.2. The Labute approximate surface area is 129 Å². The molecule has 0 aliphatic rings. The van der Waals surface area contributed by atoms with Crippen molar-refractivity contribution in [2.75, 3.05) is 12.0 Å². The molecule has 118 valence electrons. The number of sulfonamides is 1. The number of aryl methyl sites for hydroxylation is 2. The molecule has 2 N–H and O–H groups in total. The van der Waals surface area contributed by atoms with Gasteiger partial charge in [-0.05, 0) is 51.1 Å². The van der Waals surface area contributed by atoms with Gasteiger partial charge < -0.3 is 4.74 Å². The highest BCUT2D eigenvalue weighted by molar-refractivity contribution is 7.89. The van der Waals surface area contributed by atoms with Gasteiger partial charge in [-0.3, -0.25) is 5.43 Å². The van der Waals surface area contributed by atoms with Crippen LogP contribution in [0, 0.1) is 13.8 Å². The second kappa shape index (κ2) is 6.71. The monoisotopic (exact) mass is 322 g/mol. The van der Waals surface area contributed by atoms with Crippen LogP contribution in [0.4, 0.5) is 5.95 Å². The molecule has 0 radical (unpaired) electrons. The van der Waals surface area contributed by atoms with Crippen molar-refractivity contribution < 1.29 is 13.2 Å². The number of ether oxygens (including phenoxy) is 1. The van der Waals surface area contributed by atoms with Gasteiger partial charge in [-0.1, -0.05) is 0 Å². The molecule has 0 spiro atoms. The molecule has 0 unspecified atom stereocenters. The zero-order valence-electron chi connectivity index (χ0n) is 12.6. The lowest BCUT2D eigenvalue weighted by atomic mass is 10.3. The predicted octanol–water partition coefficient (Wildman–Crippen LogP) is 1.80. The molecule has 0 atom stereocenters. The lowest BCUT2D eigenvalue weighted by Crippen LogP contribution is -2.30. The Morgan fingerprint density at radius 3 is 2.23 bits per heavy atom. The van der Waals surface area contributed by atoms with Crippen LogP contribution in [0.3, 0.4) is 0 Å². The number of nitrogens with zero attached hydrogens (tertiary/aromatic N) is 2. The molecule has 7 nitrogen and oxygen atoms in total. The van der Waals surface area contributed by atoms with Crippen molar-refractivity contribution in [1.29, 1.82) is 0 Å². The Balaban J connectivity index is 2.10. The smallest absolute Gasteiger partial charge is 0.257 e. The van der Waals surface area contributed by atoms with E-state index in [1.807, 2.05) is 6.92 Å². The highest BCUT2D eigenvalue weighted by Gasteiger charge is 2.14. The normalized spacial score (nSPS) is 11.2. The Bertz CT molecular complexity index is 725. The third-order valence-corrected chi connectivity index (χ3v) is 3.99. The van der Waals surface area contributed by atoms with E-state index < -0.39 is 10.0 Å². The third kappa shape index (κ3) is 4.15. The summed E-state index contributed by atoms with van der Waals surface area (Å²) in [7, 11) is -3.71. The number of aromatic nitrogens is 2. The number of hydrogen-bond acceptors (Lipinski definition) is 6. The van der Waals surface area contributed by atoms with E-state index in [1.165, 1.54) is 12.1 Å². The van der Waals surface area contributed by atoms with Crippen molar-refractivity contribution >= 4 is 16.0 Å². The lowest BCUT2D eigenvalue weighted by molar-refractivity contribution is 0.340. The van der Waals surface area contributed by atoms with Gasteiger partial charge >= 0.3 is 0 Å². The summed E-state index contributed by atoms with van der Waals surface area (Å²) >= 11 is 0. The first-order chi connectivity index (χ1) is 10.4. The van der Waals surface area contributed by atoms with E-state index in [-0.39, 0.29) is 10.8 Å². The molecule has 22 heavy (non-hydrogen) atoms. The molecule has 0 bridgehead atoms. The van der Waals surface area contributed by atoms with E-state index in [4.69, 9.17) is 4.74 Å². The molecule has 0 fully saturated rings. The molecule has 1 aromatic carbocycles. The van der Waals surface area contributed by atoms with Crippen LogP contribution in [0.5, 0.6) is 5.75 Å². The van der Waals surface area contributed by atoms with Crippen LogP contribution in [0.2, 0.25) is 0 Å². The van der Waals surface area contributed by atoms with E-state index in [9.17, 15) is 8.42 Å². The lowest BCUT2D eigenvalue weighted by Gasteiger charge is -2.10. The van der Waals surface area contributed by atoms with Crippen molar-refractivity contribution in [1.82, 2.24) is 14.8 Å². The van der Waals surface area contributed by atoms with Crippen LogP contribution < -0.4 is 15.0 Å². The fourth-order valence-electron chi connectivity index (χ4n) is 1.84. The maximum atomic E-state index is 12.2. The Morgan fingerprint density at radius 1 is 1.09 bits per heavy atom. The van der Waals surface area contributed by atoms with Crippen LogP contribution in [-0.4, -0.2) is 25.0 Å².